The zero-order chi connectivity index (χ0) is 16.5. The molecule has 2 unspecified atom stereocenters. The quantitative estimate of drug-likeness (QED) is 0.847. The number of hydrogen-bond acceptors (Lipinski definition) is 5. The van der Waals surface area contributed by atoms with Crippen LogP contribution in [0.25, 0.3) is 0 Å². The van der Waals surface area contributed by atoms with Crippen molar-refractivity contribution in [2.75, 3.05) is 13.6 Å². The minimum atomic E-state index is -0.125. The Kier molecular flexibility index (Phi) is 4.59. The third kappa shape index (κ3) is 3.22. The molecule has 0 N–H and O–H groups in total. The maximum Gasteiger partial charge on any atom is 0.152 e. The van der Waals surface area contributed by atoms with Crippen LogP contribution in [0.15, 0.2) is 24.4 Å². The van der Waals surface area contributed by atoms with E-state index in [1.54, 1.807) is 0 Å². The first-order valence-electron chi connectivity index (χ1n) is 8.96. The lowest BCUT2D eigenvalue weighted by atomic mass is 10.0. The van der Waals surface area contributed by atoms with Crippen LogP contribution in [-0.2, 0) is 6.54 Å². The first kappa shape index (κ1) is 16.1. The first-order chi connectivity index (χ1) is 11.7. The summed E-state index contributed by atoms with van der Waals surface area (Å²) in [5.74, 6) is 2.84. The molecular formula is C18H25N5S. The smallest absolute Gasteiger partial charge is 0.152 e. The van der Waals surface area contributed by atoms with E-state index in [4.69, 9.17) is 12.6 Å². The molecule has 3 heterocycles. The zero-order valence-electron chi connectivity index (χ0n) is 14.2. The Morgan fingerprint density at radius 1 is 1.21 bits per heavy atom. The highest BCUT2D eigenvalue weighted by atomic mass is 32.1. The Labute approximate surface area is 148 Å². The Bertz CT molecular complexity index is 682. The Morgan fingerprint density at radius 2 is 2.08 bits per heavy atom. The van der Waals surface area contributed by atoms with Gasteiger partial charge in [0.15, 0.2) is 5.82 Å². The average molecular weight is 344 g/mol. The van der Waals surface area contributed by atoms with E-state index in [2.05, 4.69) is 31.7 Å². The molecule has 128 valence electrons. The number of nitrogens with zero attached hydrogens (tertiary/aromatic N) is 5. The predicted octanol–water partition coefficient (Wildman–Crippen LogP) is 3.26. The number of aromatic nitrogens is 4. The van der Waals surface area contributed by atoms with Gasteiger partial charge < -0.3 is 4.57 Å². The van der Waals surface area contributed by atoms with Gasteiger partial charge in [0.2, 0.25) is 0 Å². The number of piperidine rings is 1. The molecule has 1 aliphatic heterocycles. The van der Waals surface area contributed by atoms with Crippen LogP contribution in [0, 0.1) is 5.92 Å². The van der Waals surface area contributed by atoms with Crippen molar-refractivity contribution in [3.8, 4) is 0 Å². The van der Waals surface area contributed by atoms with Crippen molar-refractivity contribution in [2.45, 2.75) is 49.9 Å². The highest BCUT2D eigenvalue weighted by Crippen LogP contribution is 2.36. The molecule has 0 radical (unpaired) electrons. The van der Waals surface area contributed by atoms with Crippen LogP contribution in [0.2, 0.25) is 0 Å². The lowest BCUT2D eigenvalue weighted by Crippen LogP contribution is -2.32. The van der Waals surface area contributed by atoms with Crippen LogP contribution in [0.1, 0.15) is 60.7 Å². The molecule has 2 aromatic heterocycles. The van der Waals surface area contributed by atoms with Gasteiger partial charge in [0.1, 0.15) is 11.1 Å². The Hall–Kier alpha value is -1.40. The SMILES string of the molecule is CN1CCCCC1c1nnc(C(S)c2ccccn2)n1CC1CC1. The maximum absolute atomic E-state index is 4.82. The molecule has 4 rings (SSSR count). The molecule has 6 heteroatoms. The first-order valence-corrected chi connectivity index (χ1v) is 9.48. The Balaban J connectivity index is 1.68. The summed E-state index contributed by atoms with van der Waals surface area (Å²) in [5.41, 5.74) is 0.939. The van der Waals surface area contributed by atoms with Crippen LogP contribution in [0.5, 0.6) is 0 Å². The fraction of sp³-hybridized carbons (Fsp3) is 0.611. The number of pyridine rings is 1. The molecule has 2 aromatic rings. The van der Waals surface area contributed by atoms with E-state index < -0.39 is 0 Å². The second-order valence-electron chi connectivity index (χ2n) is 7.12. The summed E-state index contributed by atoms with van der Waals surface area (Å²) in [4.78, 5) is 6.89. The van der Waals surface area contributed by atoms with E-state index in [0.29, 0.717) is 6.04 Å². The number of likely N-dealkylation sites (tertiary alicyclic amines) is 1. The van der Waals surface area contributed by atoms with Crippen LogP contribution in [-0.4, -0.2) is 38.2 Å². The fourth-order valence-electron chi connectivity index (χ4n) is 3.59. The Morgan fingerprint density at radius 3 is 2.79 bits per heavy atom. The summed E-state index contributed by atoms with van der Waals surface area (Å²) in [6.07, 6.45) is 8.16. The highest BCUT2D eigenvalue weighted by molar-refractivity contribution is 7.80. The largest absolute Gasteiger partial charge is 0.312 e. The van der Waals surface area contributed by atoms with Gasteiger partial charge in [-0.05, 0) is 57.3 Å². The van der Waals surface area contributed by atoms with Crippen molar-refractivity contribution in [1.29, 1.82) is 0 Å². The van der Waals surface area contributed by atoms with E-state index in [1.165, 1.54) is 32.1 Å². The van der Waals surface area contributed by atoms with Gasteiger partial charge in [0.25, 0.3) is 0 Å². The third-order valence-corrected chi connectivity index (χ3v) is 5.72. The van der Waals surface area contributed by atoms with Crippen molar-refractivity contribution in [3.63, 3.8) is 0 Å². The van der Waals surface area contributed by atoms with E-state index in [9.17, 15) is 0 Å². The molecule has 0 spiro atoms. The second kappa shape index (κ2) is 6.84. The lowest BCUT2D eigenvalue weighted by Gasteiger charge is -2.32. The molecule has 5 nitrogen and oxygen atoms in total. The molecule has 2 aliphatic rings. The summed E-state index contributed by atoms with van der Waals surface area (Å²) in [6, 6.07) is 6.33. The third-order valence-electron chi connectivity index (χ3n) is 5.23. The van der Waals surface area contributed by atoms with Gasteiger partial charge in [-0.15, -0.1) is 10.2 Å². The molecule has 24 heavy (non-hydrogen) atoms. The van der Waals surface area contributed by atoms with E-state index in [0.717, 1.165) is 36.4 Å². The van der Waals surface area contributed by atoms with Gasteiger partial charge >= 0.3 is 0 Å². The monoisotopic (exact) mass is 343 g/mol. The summed E-state index contributed by atoms with van der Waals surface area (Å²) < 4.78 is 2.34. The predicted molar refractivity (Wildman–Crippen MR) is 97.0 cm³/mol. The molecule has 0 aromatic carbocycles. The normalized spacial score (nSPS) is 23.3. The standard InChI is InChI=1S/C18H25N5S/c1-22-11-5-3-7-15(22)17-20-21-18(23(17)12-13-8-9-13)16(24)14-6-2-4-10-19-14/h2,4,6,10,13,15-16,24H,3,5,7-9,11-12H2,1H3. The van der Waals surface area contributed by atoms with Gasteiger partial charge in [-0.2, -0.15) is 12.6 Å². The van der Waals surface area contributed by atoms with Crippen LogP contribution >= 0.6 is 12.6 Å². The second-order valence-corrected chi connectivity index (χ2v) is 7.64. The van der Waals surface area contributed by atoms with E-state index in [-0.39, 0.29) is 5.25 Å². The van der Waals surface area contributed by atoms with E-state index in [1.807, 2.05) is 24.4 Å². The van der Waals surface area contributed by atoms with E-state index >= 15 is 0 Å². The zero-order valence-corrected chi connectivity index (χ0v) is 15.1. The number of thiol groups is 1. The van der Waals surface area contributed by atoms with Gasteiger partial charge in [-0.3, -0.25) is 9.88 Å². The maximum atomic E-state index is 4.82. The topological polar surface area (TPSA) is 46.8 Å². The lowest BCUT2D eigenvalue weighted by molar-refractivity contribution is 0.174. The fourth-order valence-corrected chi connectivity index (χ4v) is 3.94. The summed E-state index contributed by atoms with van der Waals surface area (Å²) in [6.45, 7) is 2.16. The van der Waals surface area contributed by atoms with Gasteiger partial charge in [0, 0.05) is 12.7 Å². The molecule has 1 saturated heterocycles. The molecule has 0 amide bonds. The van der Waals surface area contributed by atoms with Gasteiger partial charge in [0.05, 0.1) is 11.7 Å². The average Bonchev–Trinajstić information content (AvgIpc) is 3.34. The summed E-state index contributed by atoms with van der Waals surface area (Å²) in [7, 11) is 2.20. The van der Waals surface area contributed by atoms with Crippen LogP contribution in [0.3, 0.4) is 0 Å². The van der Waals surface area contributed by atoms with Crippen LogP contribution < -0.4 is 0 Å². The van der Waals surface area contributed by atoms with Crippen molar-refractivity contribution >= 4 is 12.6 Å². The van der Waals surface area contributed by atoms with Crippen molar-refractivity contribution in [2.24, 2.45) is 5.92 Å². The molecule has 1 saturated carbocycles. The van der Waals surface area contributed by atoms with Crippen molar-refractivity contribution < 1.29 is 0 Å². The van der Waals surface area contributed by atoms with Crippen molar-refractivity contribution in [3.05, 3.63) is 41.7 Å². The minimum Gasteiger partial charge on any atom is -0.312 e. The minimum absolute atomic E-state index is 0.125. The van der Waals surface area contributed by atoms with Gasteiger partial charge in [-0.25, -0.2) is 0 Å². The van der Waals surface area contributed by atoms with Crippen LogP contribution in [0.4, 0.5) is 0 Å². The van der Waals surface area contributed by atoms with Crippen molar-refractivity contribution in [1.82, 2.24) is 24.6 Å². The molecule has 2 atom stereocenters. The molecule has 0 bridgehead atoms. The molecule has 2 fully saturated rings. The number of hydrogen-bond donors (Lipinski definition) is 1. The molecular weight excluding hydrogens is 318 g/mol. The van der Waals surface area contributed by atoms with Gasteiger partial charge in [-0.1, -0.05) is 12.5 Å². The number of rotatable bonds is 5. The highest BCUT2D eigenvalue weighted by Gasteiger charge is 2.32. The summed E-state index contributed by atoms with van der Waals surface area (Å²) in [5, 5.41) is 9.04. The summed E-state index contributed by atoms with van der Waals surface area (Å²) >= 11 is 4.82. The molecule has 1 aliphatic carbocycles.